The maximum Gasteiger partial charge on any atom is 0.219 e. The molecule has 12 heavy (non-hydrogen) atoms. The van der Waals surface area contributed by atoms with Crippen molar-refractivity contribution < 1.29 is 4.53 Å². The maximum atomic E-state index is 5.87. The SMILES string of the molecule is C=CN(O[Si](C)(C)C)[Si](C)(C)C. The number of rotatable bonds is 4. The Kier molecular flexibility index (Phi) is 3.74. The van der Waals surface area contributed by atoms with Gasteiger partial charge in [-0.25, -0.2) is 0 Å². The highest BCUT2D eigenvalue weighted by Crippen LogP contribution is 2.15. The van der Waals surface area contributed by atoms with Gasteiger partial charge in [0.2, 0.25) is 8.32 Å². The Labute approximate surface area is 78.4 Å². The molecule has 0 saturated carbocycles. The minimum atomic E-state index is -1.46. The van der Waals surface area contributed by atoms with E-state index in [9.17, 15) is 0 Å². The Morgan fingerprint density at radius 2 is 1.50 bits per heavy atom. The van der Waals surface area contributed by atoms with E-state index in [0.717, 1.165) is 0 Å². The first-order valence-electron chi connectivity index (χ1n) is 4.28. The molecule has 72 valence electrons. The molecule has 0 radical (unpaired) electrons. The molecule has 0 aromatic heterocycles. The van der Waals surface area contributed by atoms with E-state index in [1.807, 2.05) is 10.9 Å². The standard InChI is InChI=1S/C8H21NOSi2/c1-8-9(11(2,3)4)10-12(5,6)7/h8H,1H2,2-7H3. The highest BCUT2D eigenvalue weighted by molar-refractivity contribution is 6.75. The van der Waals surface area contributed by atoms with Crippen LogP contribution in [-0.2, 0) is 4.53 Å². The van der Waals surface area contributed by atoms with Crippen LogP contribution in [0, 0.1) is 0 Å². The van der Waals surface area contributed by atoms with Crippen LogP contribution >= 0.6 is 0 Å². The molecule has 0 fully saturated rings. The third-order valence-electron chi connectivity index (χ3n) is 1.20. The Morgan fingerprint density at radius 1 is 1.08 bits per heavy atom. The molecular weight excluding hydrogens is 182 g/mol. The normalized spacial score (nSPS) is 12.8. The van der Waals surface area contributed by atoms with E-state index >= 15 is 0 Å². The quantitative estimate of drug-likeness (QED) is 0.514. The molecule has 0 aliphatic rings. The first kappa shape index (κ1) is 11.9. The first-order valence-corrected chi connectivity index (χ1v) is 11.1. The average Bonchev–Trinajstić information content (AvgIpc) is 1.78. The fourth-order valence-electron chi connectivity index (χ4n) is 0.743. The van der Waals surface area contributed by atoms with Crippen LogP contribution in [0.15, 0.2) is 12.8 Å². The predicted molar refractivity (Wildman–Crippen MR) is 59.8 cm³/mol. The van der Waals surface area contributed by atoms with E-state index in [1.165, 1.54) is 0 Å². The van der Waals surface area contributed by atoms with Gasteiger partial charge < -0.3 is 9.26 Å². The predicted octanol–water partition coefficient (Wildman–Crippen LogP) is 3.03. The van der Waals surface area contributed by atoms with Gasteiger partial charge in [0.1, 0.15) is 0 Å². The molecule has 2 nitrogen and oxygen atoms in total. The molecule has 0 amide bonds. The summed E-state index contributed by atoms with van der Waals surface area (Å²) in [5.41, 5.74) is 0. The molecule has 0 aliphatic carbocycles. The monoisotopic (exact) mass is 203 g/mol. The lowest BCUT2D eigenvalue weighted by atomic mass is 11.1. The molecule has 0 unspecified atom stereocenters. The fourth-order valence-corrected chi connectivity index (χ4v) is 3.87. The molecule has 0 aromatic rings. The minimum absolute atomic E-state index is 1.37. The van der Waals surface area contributed by atoms with Gasteiger partial charge in [0.05, 0.1) is 0 Å². The average molecular weight is 203 g/mol. The van der Waals surface area contributed by atoms with E-state index in [0.29, 0.717) is 0 Å². The van der Waals surface area contributed by atoms with Crippen LogP contribution < -0.4 is 0 Å². The van der Waals surface area contributed by atoms with E-state index in [4.69, 9.17) is 4.53 Å². The van der Waals surface area contributed by atoms with Crippen LogP contribution in [0.25, 0.3) is 0 Å². The molecule has 0 aliphatic heterocycles. The van der Waals surface area contributed by atoms with Crippen molar-refractivity contribution in [2.75, 3.05) is 0 Å². The lowest BCUT2D eigenvalue weighted by Gasteiger charge is -2.36. The van der Waals surface area contributed by atoms with E-state index in [-0.39, 0.29) is 0 Å². The number of hydrogen-bond acceptors (Lipinski definition) is 2. The smallest absolute Gasteiger partial charge is 0.219 e. The second-order valence-electron chi connectivity index (χ2n) is 4.88. The highest BCUT2D eigenvalue weighted by atomic mass is 28.4. The van der Waals surface area contributed by atoms with Crippen molar-refractivity contribution >= 4 is 16.6 Å². The van der Waals surface area contributed by atoms with Crippen LogP contribution in [0.2, 0.25) is 39.3 Å². The summed E-state index contributed by atoms with van der Waals surface area (Å²) >= 11 is 0. The third kappa shape index (κ3) is 4.74. The lowest BCUT2D eigenvalue weighted by Crippen LogP contribution is -2.47. The molecule has 0 saturated heterocycles. The zero-order valence-corrected chi connectivity index (χ0v) is 11.1. The molecule has 0 bridgehead atoms. The molecule has 0 heterocycles. The van der Waals surface area contributed by atoms with Gasteiger partial charge in [-0.15, -0.1) is 0 Å². The Hall–Kier alpha value is -0.0662. The number of hydrogen-bond donors (Lipinski definition) is 0. The Bertz CT molecular complexity index is 157. The first-order chi connectivity index (χ1) is 5.17. The molecular formula is C8H21NOSi2. The van der Waals surface area contributed by atoms with Gasteiger partial charge in [0.15, 0.2) is 8.24 Å². The Balaban J connectivity index is 4.30. The zero-order valence-electron chi connectivity index (χ0n) is 9.14. The van der Waals surface area contributed by atoms with E-state index in [2.05, 4.69) is 45.9 Å². The van der Waals surface area contributed by atoms with E-state index in [1.54, 1.807) is 0 Å². The summed E-state index contributed by atoms with van der Waals surface area (Å²) in [6.45, 7) is 17.1. The molecule has 0 rings (SSSR count). The summed E-state index contributed by atoms with van der Waals surface area (Å²) in [6, 6.07) is 0. The van der Waals surface area contributed by atoms with Crippen LogP contribution in [0.4, 0.5) is 0 Å². The summed E-state index contributed by atoms with van der Waals surface area (Å²) < 4.78 is 7.85. The fraction of sp³-hybridized carbons (Fsp3) is 0.750. The summed E-state index contributed by atoms with van der Waals surface area (Å²) in [6.07, 6.45) is 1.81. The molecule has 0 N–H and O–H groups in total. The summed E-state index contributed by atoms with van der Waals surface area (Å²) in [7, 11) is -2.83. The van der Waals surface area contributed by atoms with E-state index < -0.39 is 16.6 Å². The molecule has 0 spiro atoms. The van der Waals surface area contributed by atoms with Crippen molar-refractivity contribution in [2.24, 2.45) is 0 Å². The van der Waals surface area contributed by atoms with Crippen molar-refractivity contribution in [1.29, 1.82) is 0 Å². The molecule has 4 heteroatoms. The van der Waals surface area contributed by atoms with Crippen LogP contribution in [-0.4, -0.2) is 21.3 Å². The van der Waals surface area contributed by atoms with Crippen LogP contribution in [0.1, 0.15) is 0 Å². The van der Waals surface area contributed by atoms with Gasteiger partial charge in [0, 0.05) is 6.20 Å². The summed E-state index contributed by atoms with van der Waals surface area (Å²) in [5.74, 6) is 0. The van der Waals surface area contributed by atoms with Gasteiger partial charge in [-0.2, -0.15) is 0 Å². The van der Waals surface area contributed by atoms with Gasteiger partial charge >= 0.3 is 0 Å². The Morgan fingerprint density at radius 3 is 1.58 bits per heavy atom. The maximum absolute atomic E-state index is 5.87. The largest absolute Gasteiger partial charge is 0.329 e. The summed E-state index contributed by atoms with van der Waals surface area (Å²) in [4.78, 5) is 0. The lowest BCUT2D eigenvalue weighted by molar-refractivity contribution is 0.0662. The van der Waals surface area contributed by atoms with Crippen molar-refractivity contribution in [3.8, 4) is 0 Å². The van der Waals surface area contributed by atoms with Crippen molar-refractivity contribution in [2.45, 2.75) is 39.3 Å². The van der Waals surface area contributed by atoms with Gasteiger partial charge in [0.25, 0.3) is 0 Å². The minimum Gasteiger partial charge on any atom is -0.329 e. The number of nitrogens with zero attached hydrogens (tertiary/aromatic N) is 1. The van der Waals surface area contributed by atoms with Gasteiger partial charge in [-0.1, -0.05) is 6.58 Å². The van der Waals surface area contributed by atoms with Gasteiger partial charge in [-0.05, 0) is 39.3 Å². The topological polar surface area (TPSA) is 12.5 Å². The number of hydroxylamine groups is 1. The zero-order chi connectivity index (χ0) is 9.99. The third-order valence-corrected chi connectivity index (χ3v) is 3.72. The second-order valence-corrected chi connectivity index (χ2v) is 14.1. The van der Waals surface area contributed by atoms with Crippen molar-refractivity contribution in [3.63, 3.8) is 0 Å². The molecule has 0 atom stereocenters. The van der Waals surface area contributed by atoms with Crippen LogP contribution in [0.5, 0.6) is 0 Å². The summed E-state index contributed by atoms with van der Waals surface area (Å²) in [5, 5.41) is 0. The van der Waals surface area contributed by atoms with Gasteiger partial charge in [-0.3, -0.25) is 0 Å². The second kappa shape index (κ2) is 3.76. The highest BCUT2D eigenvalue weighted by Gasteiger charge is 2.27. The van der Waals surface area contributed by atoms with Crippen LogP contribution in [0.3, 0.4) is 0 Å². The van der Waals surface area contributed by atoms with Crippen molar-refractivity contribution in [3.05, 3.63) is 12.8 Å². The molecule has 0 aromatic carbocycles. The van der Waals surface area contributed by atoms with Crippen molar-refractivity contribution in [1.82, 2.24) is 4.73 Å².